The SMILES string of the molecule is C=Cc1ccccc1C(=O)CC. The van der Waals surface area contributed by atoms with Gasteiger partial charge >= 0.3 is 0 Å². The van der Waals surface area contributed by atoms with E-state index in [2.05, 4.69) is 6.58 Å². The molecule has 0 amide bonds. The van der Waals surface area contributed by atoms with Crippen LogP contribution in [0.1, 0.15) is 29.3 Å². The molecule has 1 heteroatoms. The molecule has 1 aromatic carbocycles. The summed E-state index contributed by atoms with van der Waals surface area (Å²) in [6.07, 6.45) is 2.26. The van der Waals surface area contributed by atoms with Crippen molar-refractivity contribution in [2.24, 2.45) is 0 Å². The number of benzene rings is 1. The third kappa shape index (κ3) is 1.62. The monoisotopic (exact) mass is 160 g/mol. The Hall–Kier alpha value is -1.37. The van der Waals surface area contributed by atoms with Crippen LogP contribution in [-0.4, -0.2) is 5.78 Å². The number of hydrogen-bond acceptors (Lipinski definition) is 1. The Morgan fingerprint density at radius 3 is 2.75 bits per heavy atom. The molecule has 0 radical (unpaired) electrons. The molecule has 0 saturated heterocycles. The highest BCUT2D eigenvalue weighted by atomic mass is 16.1. The normalized spacial score (nSPS) is 9.42. The molecule has 62 valence electrons. The Morgan fingerprint density at radius 1 is 1.50 bits per heavy atom. The summed E-state index contributed by atoms with van der Waals surface area (Å²) in [5.41, 5.74) is 1.69. The molecule has 0 heterocycles. The fraction of sp³-hybridized carbons (Fsp3) is 0.182. The molecule has 0 spiro atoms. The van der Waals surface area contributed by atoms with Crippen LogP contribution < -0.4 is 0 Å². The van der Waals surface area contributed by atoms with Gasteiger partial charge in [-0.25, -0.2) is 0 Å². The summed E-state index contributed by atoms with van der Waals surface area (Å²) in [4.78, 5) is 11.3. The topological polar surface area (TPSA) is 17.1 Å². The summed E-state index contributed by atoms with van der Waals surface area (Å²) in [5, 5.41) is 0. The van der Waals surface area contributed by atoms with E-state index in [-0.39, 0.29) is 5.78 Å². The lowest BCUT2D eigenvalue weighted by molar-refractivity contribution is 0.0988. The van der Waals surface area contributed by atoms with Gasteiger partial charge in [0, 0.05) is 12.0 Å². The molecule has 1 nitrogen and oxygen atoms in total. The van der Waals surface area contributed by atoms with Crippen LogP contribution in [0.15, 0.2) is 30.8 Å². The third-order valence-corrected chi connectivity index (χ3v) is 1.80. The zero-order valence-electron chi connectivity index (χ0n) is 7.21. The van der Waals surface area contributed by atoms with Crippen LogP contribution >= 0.6 is 0 Å². The van der Waals surface area contributed by atoms with Crippen LogP contribution in [0.25, 0.3) is 6.08 Å². The van der Waals surface area contributed by atoms with Crippen LogP contribution in [0.4, 0.5) is 0 Å². The second kappa shape index (κ2) is 3.86. The summed E-state index contributed by atoms with van der Waals surface area (Å²) in [5.74, 6) is 0.172. The average Bonchev–Trinajstić information content (AvgIpc) is 2.16. The van der Waals surface area contributed by atoms with Gasteiger partial charge < -0.3 is 0 Å². The highest BCUT2D eigenvalue weighted by molar-refractivity contribution is 5.99. The van der Waals surface area contributed by atoms with E-state index in [9.17, 15) is 4.79 Å². The van der Waals surface area contributed by atoms with E-state index in [4.69, 9.17) is 0 Å². The maximum Gasteiger partial charge on any atom is 0.163 e. The third-order valence-electron chi connectivity index (χ3n) is 1.80. The standard InChI is InChI=1S/C11H12O/c1-3-9-7-5-6-8-10(9)11(12)4-2/h3,5-8H,1,4H2,2H3. The predicted molar refractivity (Wildman–Crippen MR) is 51.2 cm³/mol. The Balaban J connectivity index is 3.13. The first-order valence-electron chi connectivity index (χ1n) is 4.04. The average molecular weight is 160 g/mol. The van der Waals surface area contributed by atoms with Gasteiger partial charge in [0.05, 0.1) is 0 Å². The lowest BCUT2D eigenvalue weighted by Crippen LogP contribution is -1.98. The lowest BCUT2D eigenvalue weighted by atomic mass is 10.0. The molecule has 0 N–H and O–H groups in total. The van der Waals surface area contributed by atoms with Gasteiger partial charge in [-0.15, -0.1) is 0 Å². The maximum absolute atomic E-state index is 11.3. The Bertz CT molecular complexity index is 300. The van der Waals surface area contributed by atoms with E-state index < -0.39 is 0 Å². The Morgan fingerprint density at radius 2 is 2.17 bits per heavy atom. The zero-order valence-corrected chi connectivity index (χ0v) is 7.21. The first-order chi connectivity index (χ1) is 5.79. The van der Waals surface area contributed by atoms with Crippen molar-refractivity contribution in [3.8, 4) is 0 Å². The maximum atomic E-state index is 11.3. The van der Waals surface area contributed by atoms with E-state index >= 15 is 0 Å². The highest BCUT2D eigenvalue weighted by Gasteiger charge is 2.04. The van der Waals surface area contributed by atoms with Crippen molar-refractivity contribution in [1.82, 2.24) is 0 Å². The fourth-order valence-corrected chi connectivity index (χ4v) is 1.12. The molecule has 0 aliphatic heterocycles. The summed E-state index contributed by atoms with van der Waals surface area (Å²) in [6.45, 7) is 5.52. The van der Waals surface area contributed by atoms with Crippen molar-refractivity contribution in [1.29, 1.82) is 0 Å². The number of carbonyl (C=O) groups excluding carboxylic acids is 1. The second-order valence-corrected chi connectivity index (χ2v) is 2.57. The van der Waals surface area contributed by atoms with Crippen molar-refractivity contribution in [2.75, 3.05) is 0 Å². The highest BCUT2D eigenvalue weighted by Crippen LogP contribution is 2.11. The minimum Gasteiger partial charge on any atom is -0.294 e. The van der Waals surface area contributed by atoms with E-state index in [0.717, 1.165) is 11.1 Å². The van der Waals surface area contributed by atoms with E-state index in [1.165, 1.54) is 0 Å². The molecule has 1 aromatic rings. The van der Waals surface area contributed by atoms with Crippen LogP contribution in [0.3, 0.4) is 0 Å². The van der Waals surface area contributed by atoms with Gasteiger partial charge in [-0.1, -0.05) is 43.8 Å². The van der Waals surface area contributed by atoms with Gasteiger partial charge in [-0.05, 0) is 5.56 Å². The van der Waals surface area contributed by atoms with Gasteiger partial charge in [0.15, 0.2) is 5.78 Å². The molecule has 0 unspecified atom stereocenters. The minimum atomic E-state index is 0.172. The van der Waals surface area contributed by atoms with Gasteiger partial charge in [-0.3, -0.25) is 4.79 Å². The number of ketones is 1. The van der Waals surface area contributed by atoms with Gasteiger partial charge in [0.2, 0.25) is 0 Å². The first-order valence-corrected chi connectivity index (χ1v) is 4.04. The summed E-state index contributed by atoms with van der Waals surface area (Å²) < 4.78 is 0. The van der Waals surface area contributed by atoms with Crippen molar-refractivity contribution in [3.63, 3.8) is 0 Å². The summed E-state index contributed by atoms with van der Waals surface area (Å²) >= 11 is 0. The van der Waals surface area contributed by atoms with Crippen LogP contribution in [0.5, 0.6) is 0 Å². The number of carbonyl (C=O) groups is 1. The number of rotatable bonds is 3. The predicted octanol–water partition coefficient (Wildman–Crippen LogP) is 2.92. The fourth-order valence-electron chi connectivity index (χ4n) is 1.12. The summed E-state index contributed by atoms with van der Waals surface area (Å²) in [7, 11) is 0. The number of Topliss-reactive ketones (excluding diaryl/α,β-unsaturated/α-hetero) is 1. The smallest absolute Gasteiger partial charge is 0.163 e. The molecule has 1 rings (SSSR count). The van der Waals surface area contributed by atoms with E-state index in [1.54, 1.807) is 6.08 Å². The summed E-state index contributed by atoms with van der Waals surface area (Å²) in [6, 6.07) is 7.51. The van der Waals surface area contributed by atoms with Crippen molar-refractivity contribution in [3.05, 3.63) is 42.0 Å². The molecule has 0 aliphatic rings. The number of hydrogen-bond donors (Lipinski definition) is 0. The zero-order chi connectivity index (χ0) is 8.97. The molecular weight excluding hydrogens is 148 g/mol. The van der Waals surface area contributed by atoms with Crippen LogP contribution in [-0.2, 0) is 0 Å². The molecular formula is C11H12O. The van der Waals surface area contributed by atoms with Crippen LogP contribution in [0.2, 0.25) is 0 Å². The minimum absolute atomic E-state index is 0.172. The first kappa shape index (κ1) is 8.72. The van der Waals surface area contributed by atoms with Crippen LogP contribution in [0, 0.1) is 0 Å². The van der Waals surface area contributed by atoms with E-state index in [1.807, 2.05) is 31.2 Å². The second-order valence-electron chi connectivity index (χ2n) is 2.57. The molecule has 12 heavy (non-hydrogen) atoms. The van der Waals surface area contributed by atoms with Crippen molar-refractivity contribution < 1.29 is 4.79 Å². The Labute approximate surface area is 72.7 Å². The molecule has 0 saturated carbocycles. The lowest BCUT2D eigenvalue weighted by Gasteiger charge is -2.01. The molecule has 0 fully saturated rings. The van der Waals surface area contributed by atoms with Crippen molar-refractivity contribution in [2.45, 2.75) is 13.3 Å². The van der Waals surface area contributed by atoms with E-state index in [0.29, 0.717) is 6.42 Å². The van der Waals surface area contributed by atoms with Gasteiger partial charge in [-0.2, -0.15) is 0 Å². The molecule has 0 aromatic heterocycles. The largest absolute Gasteiger partial charge is 0.294 e. The molecule has 0 aliphatic carbocycles. The van der Waals surface area contributed by atoms with Gasteiger partial charge in [0.1, 0.15) is 0 Å². The van der Waals surface area contributed by atoms with Crippen molar-refractivity contribution >= 4 is 11.9 Å². The molecule has 0 bridgehead atoms. The molecule has 0 atom stereocenters. The quantitative estimate of drug-likeness (QED) is 0.621. The van der Waals surface area contributed by atoms with Gasteiger partial charge in [0.25, 0.3) is 0 Å². The Kier molecular flexibility index (Phi) is 2.81.